The smallest absolute Gasteiger partial charge is 0.0418 e. The Hall–Kier alpha value is -1.06. The summed E-state index contributed by atoms with van der Waals surface area (Å²) in [5, 5.41) is 3.40. The number of fused-ring (bicyclic) bond motifs is 1. The van der Waals surface area contributed by atoms with E-state index in [4.69, 9.17) is 5.73 Å². The second-order valence-electron chi connectivity index (χ2n) is 5.09. The van der Waals surface area contributed by atoms with Gasteiger partial charge in [-0.25, -0.2) is 0 Å². The summed E-state index contributed by atoms with van der Waals surface area (Å²) in [6.45, 7) is 4.37. The first kappa shape index (κ1) is 11.1. The van der Waals surface area contributed by atoms with Crippen LogP contribution in [0.1, 0.15) is 30.0 Å². The van der Waals surface area contributed by atoms with E-state index in [1.165, 1.54) is 29.7 Å². The highest BCUT2D eigenvalue weighted by Gasteiger charge is 2.23. The first-order valence-corrected chi connectivity index (χ1v) is 6.69. The molecule has 1 aromatic carbocycles. The fourth-order valence-electron chi connectivity index (χ4n) is 3.08. The minimum atomic E-state index is 0.241. The van der Waals surface area contributed by atoms with Crippen LogP contribution in [-0.2, 0) is 6.42 Å². The number of nitrogens with two attached hydrogens (primary N) is 1. The zero-order chi connectivity index (χ0) is 11.7. The van der Waals surface area contributed by atoms with E-state index >= 15 is 0 Å². The Morgan fingerprint density at radius 2 is 2.06 bits per heavy atom. The maximum Gasteiger partial charge on any atom is 0.0418 e. The van der Waals surface area contributed by atoms with Crippen molar-refractivity contribution in [3.05, 3.63) is 29.3 Å². The molecule has 0 radical (unpaired) electrons. The number of aryl methyl sites for hydroxylation is 1. The van der Waals surface area contributed by atoms with Crippen molar-refractivity contribution in [3.8, 4) is 0 Å². The van der Waals surface area contributed by atoms with Crippen LogP contribution in [0.4, 0.5) is 5.69 Å². The predicted molar refractivity (Wildman–Crippen MR) is 71.4 cm³/mol. The Bertz CT molecular complexity index is 396. The maximum atomic E-state index is 6.31. The monoisotopic (exact) mass is 231 g/mol. The first-order valence-electron chi connectivity index (χ1n) is 6.69. The number of anilines is 1. The number of nitrogens with zero attached hydrogens (tertiary/aromatic N) is 1. The van der Waals surface area contributed by atoms with Crippen LogP contribution < -0.4 is 16.0 Å². The lowest BCUT2D eigenvalue weighted by Gasteiger charge is -2.34. The summed E-state index contributed by atoms with van der Waals surface area (Å²) in [5.41, 5.74) is 10.6. The van der Waals surface area contributed by atoms with Crippen LogP contribution in [0.3, 0.4) is 0 Å². The molecule has 0 aromatic heterocycles. The first-order chi connectivity index (χ1) is 8.36. The number of rotatable bonds is 1. The highest BCUT2D eigenvalue weighted by Crippen LogP contribution is 2.35. The summed E-state index contributed by atoms with van der Waals surface area (Å²) in [6, 6.07) is 6.92. The zero-order valence-corrected chi connectivity index (χ0v) is 10.3. The van der Waals surface area contributed by atoms with E-state index < -0.39 is 0 Å². The van der Waals surface area contributed by atoms with E-state index in [0.717, 1.165) is 32.6 Å². The normalized spacial score (nSPS) is 24.5. The molecule has 1 aliphatic carbocycles. The molecule has 1 fully saturated rings. The van der Waals surface area contributed by atoms with Crippen molar-refractivity contribution in [2.24, 2.45) is 5.73 Å². The van der Waals surface area contributed by atoms with E-state index in [9.17, 15) is 0 Å². The summed E-state index contributed by atoms with van der Waals surface area (Å²) < 4.78 is 0. The standard InChI is InChI=1S/C14H21N3/c15-12-5-1-3-11-4-2-6-13(14(11)12)17-9-7-16-8-10-17/h2,4,6,12,16H,1,3,5,7-10,15H2. The minimum absolute atomic E-state index is 0.241. The second-order valence-corrected chi connectivity index (χ2v) is 5.09. The molecule has 2 aliphatic rings. The molecule has 3 nitrogen and oxygen atoms in total. The molecule has 0 saturated carbocycles. The minimum Gasteiger partial charge on any atom is -0.369 e. The Kier molecular flexibility index (Phi) is 3.04. The molecule has 0 amide bonds. The van der Waals surface area contributed by atoms with E-state index in [1.807, 2.05) is 0 Å². The fourth-order valence-corrected chi connectivity index (χ4v) is 3.08. The quantitative estimate of drug-likeness (QED) is 0.768. The van der Waals surface area contributed by atoms with Gasteiger partial charge in [0.25, 0.3) is 0 Å². The highest BCUT2D eigenvalue weighted by molar-refractivity contribution is 5.59. The third kappa shape index (κ3) is 2.05. The molecule has 1 saturated heterocycles. The van der Waals surface area contributed by atoms with Crippen LogP contribution >= 0.6 is 0 Å². The van der Waals surface area contributed by atoms with Crippen LogP contribution in [0.2, 0.25) is 0 Å². The molecule has 1 aromatic rings. The largest absolute Gasteiger partial charge is 0.369 e. The third-order valence-electron chi connectivity index (χ3n) is 3.96. The Morgan fingerprint density at radius 3 is 2.88 bits per heavy atom. The molecule has 3 heteroatoms. The van der Waals surface area contributed by atoms with E-state index in [-0.39, 0.29) is 6.04 Å². The van der Waals surface area contributed by atoms with Gasteiger partial charge in [0.15, 0.2) is 0 Å². The van der Waals surface area contributed by atoms with Crippen molar-refractivity contribution in [2.75, 3.05) is 31.1 Å². The number of hydrogen-bond acceptors (Lipinski definition) is 3. The summed E-state index contributed by atoms with van der Waals surface area (Å²) >= 11 is 0. The van der Waals surface area contributed by atoms with Gasteiger partial charge >= 0.3 is 0 Å². The molecule has 17 heavy (non-hydrogen) atoms. The Labute approximate surface area is 103 Å². The molecule has 1 atom stereocenters. The van der Waals surface area contributed by atoms with Gasteiger partial charge in [0.2, 0.25) is 0 Å². The van der Waals surface area contributed by atoms with Gasteiger partial charge in [0.05, 0.1) is 0 Å². The predicted octanol–water partition coefficient (Wildman–Crippen LogP) is 1.43. The number of nitrogens with one attached hydrogen (secondary N) is 1. The zero-order valence-electron chi connectivity index (χ0n) is 10.3. The number of benzene rings is 1. The molecule has 1 unspecified atom stereocenters. The summed E-state index contributed by atoms with van der Waals surface area (Å²) in [7, 11) is 0. The van der Waals surface area contributed by atoms with Gasteiger partial charge in [-0.1, -0.05) is 12.1 Å². The van der Waals surface area contributed by atoms with Gasteiger partial charge in [-0.05, 0) is 36.5 Å². The molecular formula is C14H21N3. The van der Waals surface area contributed by atoms with Crippen molar-refractivity contribution >= 4 is 5.69 Å². The van der Waals surface area contributed by atoms with Crippen molar-refractivity contribution < 1.29 is 0 Å². The van der Waals surface area contributed by atoms with Crippen LogP contribution in [0.15, 0.2) is 18.2 Å². The van der Waals surface area contributed by atoms with Gasteiger partial charge in [0.1, 0.15) is 0 Å². The van der Waals surface area contributed by atoms with Gasteiger partial charge in [-0.2, -0.15) is 0 Å². The third-order valence-corrected chi connectivity index (χ3v) is 3.96. The second kappa shape index (κ2) is 4.67. The molecule has 0 spiro atoms. The van der Waals surface area contributed by atoms with Gasteiger partial charge in [-0.15, -0.1) is 0 Å². The number of piperazine rings is 1. The molecule has 1 heterocycles. The van der Waals surface area contributed by atoms with Crippen LogP contribution in [0, 0.1) is 0 Å². The van der Waals surface area contributed by atoms with Crippen LogP contribution in [0.5, 0.6) is 0 Å². The lowest BCUT2D eigenvalue weighted by atomic mass is 9.86. The molecule has 1 aliphatic heterocycles. The average Bonchev–Trinajstić information content (AvgIpc) is 2.39. The van der Waals surface area contributed by atoms with E-state index in [2.05, 4.69) is 28.4 Å². The number of hydrogen-bond donors (Lipinski definition) is 2. The molecule has 92 valence electrons. The maximum absolute atomic E-state index is 6.31. The van der Waals surface area contributed by atoms with Crippen LogP contribution in [-0.4, -0.2) is 26.2 Å². The fraction of sp³-hybridized carbons (Fsp3) is 0.571. The average molecular weight is 231 g/mol. The molecular weight excluding hydrogens is 210 g/mol. The molecule has 0 bridgehead atoms. The van der Waals surface area contributed by atoms with Gasteiger partial charge in [0, 0.05) is 37.9 Å². The van der Waals surface area contributed by atoms with Gasteiger partial charge in [-0.3, -0.25) is 0 Å². The van der Waals surface area contributed by atoms with Crippen molar-refractivity contribution in [1.29, 1.82) is 0 Å². The Morgan fingerprint density at radius 1 is 1.24 bits per heavy atom. The summed E-state index contributed by atoms with van der Waals surface area (Å²) in [4.78, 5) is 2.49. The highest BCUT2D eigenvalue weighted by atomic mass is 15.2. The van der Waals surface area contributed by atoms with Crippen molar-refractivity contribution in [2.45, 2.75) is 25.3 Å². The van der Waals surface area contributed by atoms with Crippen molar-refractivity contribution in [3.63, 3.8) is 0 Å². The van der Waals surface area contributed by atoms with Crippen LogP contribution in [0.25, 0.3) is 0 Å². The topological polar surface area (TPSA) is 41.3 Å². The van der Waals surface area contributed by atoms with Crippen molar-refractivity contribution in [1.82, 2.24) is 5.32 Å². The lowest BCUT2D eigenvalue weighted by molar-refractivity contribution is 0.555. The van der Waals surface area contributed by atoms with Gasteiger partial charge < -0.3 is 16.0 Å². The summed E-state index contributed by atoms with van der Waals surface area (Å²) in [5.74, 6) is 0. The SMILES string of the molecule is NC1CCCc2cccc(N3CCNCC3)c21. The van der Waals surface area contributed by atoms with E-state index in [1.54, 1.807) is 0 Å². The molecule has 3 N–H and O–H groups in total. The Balaban J connectivity index is 1.98. The summed E-state index contributed by atoms with van der Waals surface area (Å²) in [6.07, 6.45) is 3.57. The van der Waals surface area contributed by atoms with E-state index in [0.29, 0.717) is 0 Å². The molecule has 3 rings (SSSR count). The lowest BCUT2D eigenvalue weighted by Crippen LogP contribution is -2.44.